The predicted molar refractivity (Wildman–Crippen MR) is 78.2 cm³/mol. The average Bonchev–Trinajstić information content (AvgIpc) is 2.49. The molecule has 1 aromatic carbocycles. The van der Waals surface area contributed by atoms with Crippen LogP contribution in [0.1, 0.15) is 10.4 Å². The topological polar surface area (TPSA) is 79.5 Å². The Morgan fingerprint density at radius 2 is 1.83 bits per heavy atom. The Bertz CT molecular complexity index is 518. The maximum absolute atomic E-state index is 12.0. The summed E-state index contributed by atoms with van der Waals surface area (Å²) >= 11 is 0. The number of nitrogens with one attached hydrogen (secondary N) is 3. The Morgan fingerprint density at radius 1 is 1.17 bits per heavy atom. The van der Waals surface area contributed by atoms with Crippen molar-refractivity contribution in [1.82, 2.24) is 10.6 Å². The van der Waals surface area contributed by atoms with Crippen molar-refractivity contribution in [2.24, 2.45) is 0 Å². The van der Waals surface area contributed by atoms with E-state index in [-0.39, 0.29) is 18.0 Å². The van der Waals surface area contributed by atoms with Crippen molar-refractivity contribution in [3.63, 3.8) is 0 Å². The van der Waals surface area contributed by atoms with Gasteiger partial charge in [0.25, 0.3) is 5.91 Å². The molecule has 6 nitrogen and oxygen atoms in total. The molecule has 23 heavy (non-hydrogen) atoms. The molecule has 0 spiro atoms. The summed E-state index contributed by atoms with van der Waals surface area (Å²) in [5, 5.41) is 7.21. The SMILES string of the molecule is COCCNCC(=O)Nc1ccc(C(=O)NCC(F)(F)F)cc1. The van der Waals surface area contributed by atoms with Crippen LogP contribution in [-0.2, 0) is 9.53 Å². The van der Waals surface area contributed by atoms with Gasteiger partial charge in [-0.15, -0.1) is 0 Å². The number of benzene rings is 1. The Morgan fingerprint density at radius 3 is 2.39 bits per heavy atom. The maximum Gasteiger partial charge on any atom is 0.405 e. The third-order valence-corrected chi connectivity index (χ3v) is 2.65. The zero-order chi connectivity index (χ0) is 17.3. The third-order valence-electron chi connectivity index (χ3n) is 2.65. The molecule has 0 aliphatic rings. The zero-order valence-corrected chi connectivity index (χ0v) is 12.5. The monoisotopic (exact) mass is 333 g/mol. The quantitative estimate of drug-likeness (QED) is 0.624. The third kappa shape index (κ3) is 8.17. The summed E-state index contributed by atoms with van der Waals surface area (Å²) in [4.78, 5) is 23.1. The van der Waals surface area contributed by atoms with E-state index in [4.69, 9.17) is 4.74 Å². The first-order chi connectivity index (χ1) is 10.8. The largest absolute Gasteiger partial charge is 0.405 e. The molecular formula is C14H18F3N3O3. The van der Waals surface area contributed by atoms with E-state index in [2.05, 4.69) is 10.6 Å². The number of ether oxygens (including phenoxy) is 1. The molecule has 128 valence electrons. The molecule has 0 heterocycles. The molecule has 1 rings (SSSR count). The van der Waals surface area contributed by atoms with Crippen molar-refractivity contribution in [3.05, 3.63) is 29.8 Å². The van der Waals surface area contributed by atoms with Gasteiger partial charge in [-0.3, -0.25) is 9.59 Å². The minimum Gasteiger partial charge on any atom is -0.383 e. The summed E-state index contributed by atoms with van der Waals surface area (Å²) in [5.74, 6) is -1.11. The Balaban J connectivity index is 2.43. The average molecular weight is 333 g/mol. The molecular weight excluding hydrogens is 315 g/mol. The number of hydrogen-bond acceptors (Lipinski definition) is 4. The first kappa shape index (κ1) is 18.9. The standard InChI is InChI=1S/C14H18F3N3O3/c1-23-7-6-18-8-12(21)20-11-4-2-10(3-5-11)13(22)19-9-14(15,16)17/h2-5,18H,6-9H2,1H3,(H,19,22)(H,20,21). The van der Waals surface area contributed by atoms with E-state index in [1.54, 1.807) is 12.4 Å². The minimum absolute atomic E-state index is 0.0745. The summed E-state index contributed by atoms with van der Waals surface area (Å²) in [7, 11) is 1.55. The highest BCUT2D eigenvalue weighted by Gasteiger charge is 2.27. The first-order valence-electron chi connectivity index (χ1n) is 6.76. The van der Waals surface area contributed by atoms with Crippen LogP contribution >= 0.6 is 0 Å². The van der Waals surface area contributed by atoms with Crippen LogP contribution in [0.3, 0.4) is 0 Å². The Hall–Kier alpha value is -2.13. The van der Waals surface area contributed by atoms with Gasteiger partial charge in [-0.05, 0) is 24.3 Å². The van der Waals surface area contributed by atoms with E-state index in [0.717, 1.165) is 0 Å². The van der Waals surface area contributed by atoms with Crippen LogP contribution in [0.2, 0.25) is 0 Å². The van der Waals surface area contributed by atoms with Crippen LogP contribution in [0.5, 0.6) is 0 Å². The van der Waals surface area contributed by atoms with Crippen molar-refractivity contribution in [3.8, 4) is 0 Å². The lowest BCUT2D eigenvalue weighted by molar-refractivity contribution is -0.123. The molecule has 0 bridgehead atoms. The molecule has 0 saturated heterocycles. The molecule has 0 unspecified atom stereocenters. The number of carbonyl (C=O) groups excluding carboxylic acids is 2. The number of methoxy groups -OCH3 is 1. The van der Waals surface area contributed by atoms with E-state index in [0.29, 0.717) is 18.8 Å². The second kappa shape index (κ2) is 9.11. The van der Waals surface area contributed by atoms with Gasteiger partial charge in [0.1, 0.15) is 6.54 Å². The number of hydrogen-bond donors (Lipinski definition) is 3. The van der Waals surface area contributed by atoms with Crippen LogP contribution in [0, 0.1) is 0 Å². The summed E-state index contributed by atoms with van der Waals surface area (Å²) in [6.07, 6.45) is -4.46. The number of alkyl halides is 3. The molecule has 0 atom stereocenters. The zero-order valence-electron chi connectivity index (χ0n) is 12.5. The maximum atomic E-state index is 12.0. The van der Waals surface area contributed by atoms with Crippen molar-refractivity contribution < 1.29 is 27.5 Å². The van der Waals surface area contributed by atoms with Gasteiger partial charge in [0, 0.05) is 24.9 Å². The molecule has 0 fully saturated rings. The normalized spacial score (nSPS) is 11.1. The Labute approximate surface area is 131 Å². The number of anilines is 1. The van der Waals surface area contributed by atoms with E-state index in [1.807, 2.05) is 0 Å². The van der Waals surface area contributed by atoms with Crippen molar-refractivity contribution in [2.45, 2.75) is 6.18 Å². The number of halogens is 3. The molecule has 2 amide bonds. The van der Waals surface area contributed by atoms with Gasteiger partial charge in [0.05, 0.1) is 13.2 Å². The minimum atomic E-state index is -4.46. The summed E-state index contributed by atoms with van der Waals surface area (Å²) in [5.41, 5.74) is 0.515. The highest BCUT2D eigenvalue weighted by Crippen LogP contribution is 2.13. The Kier molecular flexibility index (Phi) is 7.49. The van der Waals surface area contributed by atoms with Gasteiger partial charge in [-0.1, -0.05) is 0 Å². The van der Waals surface area contributed by atoms with Gasteiger partial charge in [0.2, 0.25) is 5.91 Å². The fraction of sp³-hybridized carbons (Fsp3) is 0.429. The molecule has 0 radical (unpaired) electrons. The van der Waals surface area contributed by atoms with E-state index < -0.39 is 18.6 Å². The van der Waals surface area contributed by atoms with Crippen molar-refractivity contribution in [2.75, 3.05) is 38.7 Å². The van der Waals surface area contributed by atoms with Gasteiger partial charge in [-0.25, -0.2) is 0 Å². The molecule has 0 aliphatic heterocycles. The lowest BCUT2D eigenvalue weighted by atomic mass is 10.2. The summed E-state index contributed by atoms with van der Waals surface area (Å²) in [6.45, 7) is -0.286. The van der Waals surface area contributed by atoms with E-state index in [1.165, 1.54) is 24.3 Å². The second-order valence-electron chi connectivity index (χ2n) is 4.59. The van der Waals surface area contributed by atoms with E-state index in [9.17, 15) is 22.8 Å². The highest BCUT2D eigenvalue weighted by atomic mass is 19.4. The molecule has 1 aromatic rings. The summed E-state index contributed by atoms with van der Waals surface area (Å²) in [6, 6.07) is 5.55. The summed E-state index contributed by atoms with van der Waals surface area (Å²) < 4.78 is 40.9. The predicted octanol–water partition coefficient (Wildman–Crippen LogP) is 1.15. The number of carbonyl (C=O) groups is 2. The lowest BCUT2D eigenvalue weighted by Gasteiger charge is -2.09. The molecule has 3 N–H and O–H groups in total. The second-order valence-corrected chi connectivity index (χ2v) is 4.59. The molecule has 0 saturated carbocycles. The van der Waals surface area contributed by atoms with Crippen molar-refractivity contribution in [1.29, 1.82) is 0 Å². The van der Waals surface area contributed by atoms with Crippen LogP contribution in [-0.4, -0.2) is 51.3 Å². The smallest absolute Gasteiger partial charge is 0.383 e. The number of amides is 2. The molecule has 0 aliphatic carbocycles. The van der Waals surface area contributed by atoms with Crippen LogP contribution in [0.15, 0.2) is 24.3 Å². The molecule has 9 heteroatoms. The molecule has 0 aromatic heterocycles. The highest BCUT2D eigenvalue weighted by molar-refractivity contribution is 5.96. The van der Waals surface area contributed by atoms with Crippen LogP contribution in [0.4, 0.5) is 18.9 Å². The fourth-order valence-electron chi connectivity index (χ4n) is 1.57. The van der Waals surface area contributed by atoms with Gasteiger partial charge >= 0.3 is 6.18 Å². The van der Waals surface area contributed by atoms with Gasteiger partial charge in [-0.2, -0.15) is 13.2 Å². The number of rotatable bonds is 8. The van der Waals surface area contributed by atoms with Crippen molar-refractivity contribution >= 4 is 17.5 Å². The van der Waals surface area contributed by atoms with Crippen LogP contribution < -0.4 is 16.0 Å². The van der Waals surface area contributed by atoms with Gasteiger partial charge in [0.15, 0.2) is 0 Å². The van der Waals surface area contributed by atoms with E-state index >= 15 is 0 Å². The lowest BCUT2D eigenvalue weighted by Crippen LogP contribution is -2.33. The van der Waals surface area contributed by atoms with Crippen LogP contribution in [0.25, 0.3) is 0 Å². The van der Waals surface area contributed by atoms with Gasteiger partial charge < -0.3 is 20.7 Å². The first-order valence-corrected chi connectivity index (χ1v) is 6.76. The fourth-order valence-corrected chi connectivity index (χ4v) is 1.57.